The van der Waals surface area contributed by atoms with Crippen molar-refractivity contribution in [1.29, 1.82) is 0 Å². The predicted molar refractivity (Wildman–Crippen MR) is 150 cm³/mol. The number of phenols is 1. The van der Waals surface area contributed by atoms with E-state index in [0.29, 0.717) is 25.2 Å². The number of unbranched alkanes of at least 4 members (excludes halogenated alkanes) is 15. The first-order chi connectivity index (χ1) is 16.8. The van der Waals surface area contributed by atoms with Crippen molar-refractivity contribution in [3.63, 3.8) is 0 Å². The van der Waals surface area contributed by atoms with Crippen molar-refractivity contribution in [3.8, 4) is 5.75 Å². The van der Waals surface area contributed by atoms with E-state index in [9.17, 15) is 9.90 Å². The van der Waals surface area contributed by atoms with Crippen LogP contribution in [0, 0.1) is 6.92 Å². The molecule has 0 heterocycles. The average molecular weight is 489 g/mol. The van der Waals surface area contributed by atoms with Gasteiger partial charge in [0.15, 0.2) is 0 Å². The minimum absolute atomic E-state index is 0.0980. The third-order valence-corrected chi connectivity index (χ3v) is 7.12. The molecule has 0 unspecified atom stereocenters. The number of hydrogen-bond acceptors (Lipinski definition) is 3. The molecule has 35 heavy (non-hydrogen) atoms. The van der Waals surface area contributed by atoms with Crippen LogP contribution in [0.2, 0.25) is 0 Å². The largest absolute Gasteiger partial charge is 0.508 e. The van der Waals surface area contributed by atoms with Crippen LogP contribution >= 0.6 is 0 Å². The fourth-order valence-electron chi connectivity index (χ4n) is 4.75. The zero-order valence-electron chi connectivity index (χ0n) is 23.9. The van der Waals surface area contributed by atoms with Gasteiger partial charge in [0.1, 0.15) is 5.75 Å². The summed E-state index contributed by atoms with van der Waals surface area (Å²) < 4.78 is 5.43. The molecule has 0 atom stereocenters. The molecule has 0 amide bonds. The molecule has 0 aliphatic rings. The molecule has 0 saturated carbocycles. The van der Waals surface area contributed by atoms with E-state index in [4.69, 9.17) is 4.74 Å². The number of aryl methyl sites for hydroxylation is 2. The summed E-state index contributed by atoms with van der Waals surface area (Å²) in [5, 5.41) is 10.4. The summed E-state index contributed by atoms with van der Waals surface area (Å²) in [5.41, 5.74) is 3.00. The van der Waals surface area contributed by atoms with Crippen molar-refractivity contribution >= 4 is 5.97 Å². The van der Waals surface area contributed by atoms with Crippen molar-refractivity contribution in [2.75, 3.05) is 6.61 Å². The van der Waals surface area contributed by atoms with E-state index < -0.39 is 0 Å². The quantitative estimate of drug-likeness (QED) is 0.147. The first-order valence-electron chi connectivity index (χ1n) is 14.7. The Labute approximate surface area is 217 Å². The fraction of sp³-hybridized carbons (Fsp3) is 0.781. The average Bonchev–Trinajstić information content (AvgIpc) is 2.80. The number of phenolic OH excluding ortho intramolecular Hbond substituents is 1. The molecule has 0 radical (unpaired) electrons. The molecule has 1 aromatic rings. The second kappa shape index (κ2) is 18.7. The summed E-state index contributed by atoms with van der Waals surface area (Å²) in [7, 11) is 0. The van der Waals surface area contributed by atoms with Crippen LogP contribution < -0.4 is 0 Å². The maximum absolute atomic E-state index is 12.1. The number of carbonyl (C=O) groups is 1. The van der Waals surface area contributed by atoms with E-state index in [1.807, 2.05) is 19.1 Å². The molecule has 1 rings (SSSR count). The first-order valence-corrected chi connectivity index (χ1v) is 14.7. The number of benzene rings is 1. The monoisotopic (exact) mass is 488 g/mol. The smallest absolute Gasteiger partial charge is 0.306 e. The van der Waals surface area contributed by atoms with Gasteiger partial charge in [-0.1, -0.05) is 130 Å². The fourth-order valence-corrected chi connectivity index (χ4v) is 4.75. The molecule has 0 aliphatic heterocycles. The van der Waals surface area contributed by atoms with Crippen molar-refractivity contribution < 1.29 is 14.6 Å². The van der Waals surface area contributed by atoms with Gasteiger partial charge in [-0.2, -0.15) is 0 Å². The highest BCUT2D eigenvalue weighted by Gasteiger charge is 2.19. The Morgan fingerprint density at radius 3 is 1.69 bits per heavy atom. The highest BCUT2D eigenvalue weighted by Crippen LogP contribution is 2.33. The van der Waals surface area contributed by atoms with Crippen LogP contribution in [-0.4, -0.2) is 17.7 Å². The molecule has 0 spiro atoms. The predicted octanol–water partition coefficient (Wildman–Crippen LogP) is 9.74. The summed E-state index contributed by atoms with van der Waals surface area (Å²) in [6, 6.07) is 3.87. The second-order valence-corrected chi connectivity index (χ2v) is 11.6. The number of rotatable bonds is 20. The third-order valence-electron chi connectivity index (χ3n) is 7.12. The van der Waals surface area contributed by atoms with Crippen molar-refractivity contribution in [2.24, 2.45) is 0 Å². The van der Waals surface area contributed by atoms with E-state index in [2.05, 4.69) is 27.7 Å². The molecular formula is C32H56O3. The maximum atomic E-state index is 12.1. The Bertz CT molecular complexity index is 687. The second-order valence-electron chi connectivity index (χ2n) is 11.6. The molecule has 0 bridgehead atoms. The van der Waals surface area contributed by atoms with Crippen LogP contribution in [0.25, 0.3) is 0 Å². The highest BCUT2D eigenvalue weighted by molar-refractivity contribution is 5.69. The lowest BCUT2D eigenvalue weighted by Gasteiger charge is -2.22. The minimum atomic E-state index is -0.134. The number of esters is 1. The third kappa shape index (κ3) is 15.3. The van der Waals surface area contributed by atoms with Gasteiger partial charge in [0, 0.05) is 6.42 Å². The lowest BCUT2D eigenvalue weighted by atomic mass is 9.84. The Hall–Kier alpha value is -1.51. The molecule has 0 saturated heterocycles. The molecule has 202 valence electrons. The van der Waals surface area contributed by atoms with Gasteiger partial charge in [0.25, 0.3) is 0 Å². The van der Waals surface area contributed by atoms with Crippen LogP contribution in [0.3, 0.4) is 0 Å². The van der Waals surface area contributed by atoms with Gasteiger partial charge in [0.05, 0.1) is 6.61 Å². The maximum Gasteiger partial charge on any atom is 0.306 e. The molecule has 0 aromatic heterocycles. The zero-order chi connectivity index (χ0) is 25.9. The number of aromatic hydroxyl groups is 1. The Kier molecular flexibility index (Phi) is 16.9. The van der Waals surface area contributed by atoms with Crippen LogP contribution in [0.5, 0.6) is 5.75 Å². The molecule has 0 aliphatic carbocycles. The summed E-state index contributed by atoms with van der Waals surface area (Å²) in [6.45, 7) is 11.1. The molecular weight excluding hydrogens is 432 g/mol. The topological polar surface area (TPSA) is 46.5 Å². The molecule has 3 nitrogen and oxygen atoms in total. The molecule has 0 fully saturated rings. The van der Waals surface area contributed by atoms with Gasteiger partial charge in [-0.15, -0.1) is 0 Å². The molecule has 1 N–H and O–H groups in total. The number of hydrogen-bond donors (Lipinski definition) is 1. The van der Waals surface area contributed by atoms with Crippen LogP contribution in [0.4, 0.5) is 0 Å². The van der Waals surface area contributed by atoms with E-state index in [0.717, 1.165) is 29.5 Å². The van der Waals surface area contributed by atoms with Gasteiger partial charge in [-0.25, -0.2) is 0 Å². The SMILES string of the molecule is CCCCCCCCCCCCCCCCCCOC(=O)CCc1cc(O)c(C(C)(C)C)cc1C. The first kappa shape index (κ1) is 31.5. The zero-order valence-corrected chi connectivity index (χ0v) is 23.9. The van der Waals surface area contributed by atoms with Crippen LogP contribution in [-0.2, 0) is 21.4 Å². The van der Waals surface area contributed by atoms with E-state index in [-0.39, 0.29) is 11.4 Å². The Morgan fingerprint density at radius 2 is 1.23 bits per heavy atom. The molecule has 1 aromatic carbocycles. The highest BCUT2D eigenvalue weighted by atomic mass is 16.5. The molecule has 3 heteroatoms. The van der Waals surface area contributed by atoms with Gasteiger partial charge in [-0.3, -0.25) is 4.79 Å². The van der Waals surface area contributed by atoms with Crippen molar-refractivity contribution in [1.82, 2.24) is 0 Å². The van der Waals surface area contributed by atoms with Crippen LogP contribution in [0.1, 0.15) is 154 Å². The number of carbonyl (C=O) groups excluding carboxylic acids is 1. The standard InChI is InChI=1S/C32H56O3/c1-6-7-8-9-10-11-12-13-14-15-16-17-18-19-20-21-24-35-31(34)23-22-28-26-30(33)29(25-27(28)2)32(3,4)5/h25-26,33H,6-24H2,1-5H3. The lowest BCUT2D eigenvalue weighted by molar-refractivity contribution is -0.143. The van der Waals surface area contributed by atoms with Gasteiger partial charge >= 0.3 is 5.97 Å². The van der Waals surface area contributed by atoms with Crippen LogP contribution in [0.15, 0.2) is 12.1 Å². The van der Waals surface area contributed by atoms with E-state index in [1.165, 1.54) is 89.9 Å². The number of ether oxygens (including phenoxy) is 1. The summed E-state index contributed by atoms with van der Waals surface area (Å²) in [6.07, 6.45) is 22.5. The Morgan fingerprint density at radius 1 is 0.771 bits per heavy atom. The van der Waals surface area contributed by atoms with Gasteiger partial charge in [-0.05, 0) is 47.9 Å². The lowest BCUT2D eigenvalue weighted by Crippen LogP contribution is -2.12. The summed E-state index contributed by atoms with van der Waals surface area (Å²) in [4.78, 5) is 12.1. The summed E-state index contributed by atoms with van der Waals surface area (Å²) >= 11 is 0. The van der Waals surface area contributed by atoms with E-state index >= 15 is 0 Å². The Balaban J connectivity index is 1.97. The van der Waals surface area contributed by atoms with Gasteiger partial charge < -0.3 is 9.84 Å². The summed E-state index contributed by atoms with van der Waals surface area (Å²) in [5.74, 6) is 0.185. The normalized spacial score (nSPS) is 11.7. The van der Waals surface area contributed by atoms with Crippen molar-refractivity contribution in [3.05, 3.63) is 28.8 Å². The van der Waals surface area contributed by atoms with Gasteiger partial charge in [0.2, 0.25) is 0 Å². The van der Waals surface area contributed by atoms with E-state index in [1.54, 1.807) is 0 Å². The minimum Gasteiger partial charge on any atom is -0.508 e. The van der Waals surface area contributed by atoms with Crippen molar-refractivity contribution in [2.45, 2.75) is 156 Å².